The molecule has 0 amide bonds. The topological polar surface area (TPSA) is 12.0 Å². The molecule has 1 unspecified atom stereocenters. The molecule has 0 fully saturated rings. The summed E-state index contributed by atoms with van der Waals surface area (Å²) in [4.78, 5) is 0. The summed E-state index contributed by atoms with van der Waals surface area (Å²) < 4.78 is 0. The zero-order chi connectivity index (χ0) is 15.4. The van der Waals surface area contributed by atoms with E-state index in [0.29, 0.717) is 5.92 Å². The van der Waals surface area contributed by atoms with Gasteiger partial charge in [0.05, 0.1) is 0 Å². The Morgan fingerprint density at radius 1 is 1.05 bits per heavy atom. The van der Waals surface area contributed by atoms with E-state index in [-0.39, 0.29) is 6.04 Å². The summed E-state index contributed by atoms with van der Waals surface area (Å²) in [5.74, 6) is 0.578. The first-order valence-electron chi connectivity index (χ1n) is 7.53. The van der Waals surface area contributed by atoms with Crippen molar-refractivity contribution in [1.29, 1.82) is 0 Å². The normalized spacial score (nSPS) is 12.7. The first kappa shape index (κ1) is 16.1. The van der Waals surface area contributed by atoms with Crippen molar-refractivity contribution >= 4 is 11.6 Å². The Bertz CT molecular complexity index is 587. The van der Waals surface area contributed by atoms with E-state index in [4.69, 9.17) is 11.6 Å². The number of hydrogen-bond acceptors (Lipinski definition) is 1. The minimum atomic E-state index is 0.286. The number of rotatable bonds is 5. The summed E-state index contributed by atoms with van der Waals surface area (Å²) in [5, 5.41) is 4.21. The largest absolute Gasteiger partial charge is 0.313 e. The lowest BCUT2D eigenvalue weighted by Gasteiger charge is -2.20. The molecule has 0 saturated carbocycles. The second-order valence-corrected chi connectivity index (χ2v) is 6.38. The van der Waals surface area contributed by atoms with Gasteiger partial charge < -0.3 is 5.32 Å². The van der Waals surface area contributed by atoms with Crippen molar-refractivity contribution in [1.82, 2.24) is 5.32 Å². The molecule has 0 saturated heterocycles. The van der Waals surface area contributed by atoms with E-state index in [1.165, 1.54) is 22.3 Å². The van der Waals surface area contributed by atoms with Crippen LogP contribution in [-0.4, -0.2) is 7.05 Å². The van der Waals surface area contributed by atoms with Gasteiger partial charge in [-0.15, -0.1) is 0 Å². The van der Waals surface area contributed by atoms with Crippen LogP contribution in [-0.2, 0) is 6.42 Å². The zero-order valence-electron chi connectivity index (χ0n) is 13.3. The summed E-state index contributed by atoms with van der Waals surface area (Å²) in [6.07, 6.45) is 0.968. The predicted molar refractivity (Wildman–Crippen MR) is 92.2 cm³/mol. The van der Waals surface area contributed by atoms with Crippen LogP contribution >= 0.6 is 11.6 Å². The fraction of sp³-hybridized carbons (Fsp3) is 0.368. The lowest BCUT2D eigenvalue weighted by molar-refractivity contribution is 0.589. The van der Waals surface area contributed by atoms with E-state index in [2.05, 4.69) is 62.5 Å². The fourth-order valence-electron chi connectivity index (χ4n) is 2.63. The Labute approximate surface area is 133 Å². The monoisotopic (exact) mass is 301 g/mol. The van der Waals surface area contributed by atoms with Crippen LogP contribution in [0.1, 0.15) is 48.1 Å². The molecule has 21 heavy (non-hydrogen) atoms. The van der Waals surface area contributed by atoms with Gasteiger partial charge in [-0.1, -0.05) is 55.8 Å². The molecule has 2 rings (SSSR count). The highest BCUT2D eigenvalue weighted by molar-refractivity contribution is 6.30. The molecular formula is C19H24ClN. The minimum absolute atomic E-state index is 0.286. The van der Waals surface area contributed by atoms with E-state index in [0.717, 1.165) is 11.4 Å². The smallest absolute Gasteiger partial charge is 0.0409 e. The molecule has 0 aliphatic heterocycles. The molecule has 2 heteroatoms. The Balaban J connectivity index is 2.20. The molecule has 0 radical (unpaired) electrons. The fourth-order valence-corrected chi connectivity index (χ4v) is 2.81. The molecule has 0 spiro atoms. The number of hydrogen-bond donors (Lipinski definition) is 1. The third-order valence-corrected chi connectivity index (χ3v) is 4.29. The maximum absolute atomic E-state index is 6.15. The van der Waals surface area contributed by atoms with Crippen LogP contribution in [0.3, 0.4) is 0 Å². The van der Waals surface area contributed by atoms with Crippen LogP contribution in [0, 0.1) is 6.92 Å². The van der Waals surface area contributed by atoms with Crippen molar-refractivity contribution in [2.75, 3.05) is 7.05 Å². The quantitative estimate of drug-likeness (QED) is 0.792. The summed E-state index contributed by atoms with van der Waals surface area (Å²) in [7, 11) is 2.01. The molecule has 1 atom stereocenters. The van der Waals surface area contributed by atoms with E-state index < -0.39 is 0 Å². The summed E-state index contributed by atoms with van der Waals surface area (Å²) >= 11 is 6.15. The number of aryl methyl sites for hydroxylation is 1. The molecular weight excluding hydrogens is 278 g/mol. The lowest BCUT2D eigenvalue weighted by atomic mass is 9.94. The molecule has 0 aliphatic rings. The predicted octanol–water partition coefficient (Wildman–Crippen LogP) is 5.28. The van der Waals surface area contributed by atoms with Gasteiger partial charge in [-0.25, -0.2) is 0 Å². The molecule has 112 valence electrons. The van der Waals surface area contributed by atoms with Crippen LogP contribution in [0.5, 0.6) is 0 Å². The lowest BCUT2D eigenvalue weighted by Crippen LogP contribution is -2.19. The second kappa shape index (κ2) is 7.11. The molecule has 0 aromatic heterocycles. The van der Waals surface area contributed by atoms with Crippen molar-refractivity contribution in [2.45, 2.75) is 39.2 Å². The number of benzene rings is 2. The minimum Gasteiger partial charge on any atom is -0.313 e. The first-order valence-corrected chi connectivity index (χ1v) is 7.91. The van der Waals surface area contributed by atoms with Crippen molar-refractivity contribution < 1.29 is 0 Å². The van der Waals surface area contributed by atoms with Gasteiger partial charge in [0, 0.05) is 11.1 Å². The molecule has 1 nitrogen and oxygen atoms in total. The Hall–Kier alpha value is -1.31. The van der Waals surface area contributed by atoms with Gasteiger partial charge in [-0.05, 0) is 60.7 Å². The second-order valence-electron chi connectivity index (χ2n) is 5.94. The SMILES string of the molecule is CNC(Cc1ccc(C(C)C)cc1)c1cc(Cl)ccc1C. The van der Waals surface area contributed by atoms with Crippen molar-refractivity contribution in [3.8, 4) is 0 Å². The van der Waals surface area contributed by atoms with Crippen LogP contribution in [0.25, 0.3) is 0 Å². The maximum Gasteiger partial charge on any atom is 0.0409 e. The molecule has 2 aromatic rings. The summed E-state index contributed by atoms with van der Waals surface area (Å²) in [6, 6.07) is 15.3. The Kier molecular flexibility index (Phi) is 5.44. The maximum atomic E-state index is 6.15. The Morgan fingerprint density at radius 2 is 1.71 bits per heavy atom. The van der Waals surface area contributed by atoms with Gasteiger partial charge in [-0.3, -0.25) is 0 Å². The number of nitrogens with one attached hydrogen (secondary N) is 1. The molecule has 0 heterocycles. The molecule has 0 bridgehead atoms. The van der Waals surface area contributed by atoms with Crippen molar-refractivity contribution in [2.24, 2.45) is 0 Å². The average Bonchev–Trinajstić information content (AvgIpc) is 2.48. The standard InChI is InChI=1S/C19H24ClN/c1-13(2)16-8-6-15(7-9-16)11-19(21-4)18-12-17(20)10-5-14(18)3/h5-10,12-13,19,21H,11H2,1-4H3. The van der Waals surface area contributed by atoms with Gasteiger partial charge in [0.1, 0.15) is 0 Å². The van der Waals surface area contributed by atoms with Gasteiger partial charge in [-0.2, -0.15) is 0 Å². The number of halogens is 1. The van der Waals surface area contributed by atoms with Gasteiger partial charge in [0.2, 0.25) is 0 Å². The van der Waals surface area contributed by atoms with Crippen LogP contribution < -0.4 is 5.32 Å². The van der Waals surface area contributed by atoms with Crippen LogP contribution in [0.15, 0.2) is 42.5 Å². The molecule has 2 aromatic carbocycles. The molecule has 1 N–H and O–H groups in total. The van der Waals surface area contributed by atoms with E-state index in [1.54, 1.807) is 0 Å². The number of likely N-dealkylation sites (N-methyl/N-ethyl adjacent to an activating group) is 1. The van der Waals surface area contributed by atoms with Crippen LogP contribution in [0.4, 0.5) is 0 Å². The van der Waals surface area contributed by atoms with E-state index >= 15 is 0 Å². The highest BCUT2D eigenvalue weighted by Gasteiger charge is 2.13. The third-order valence-electron chi connectivity index (χ3n) is 4.05. The van der Waals surface area contributed by atoms with E-state index in [1.807, 2.05) is 13.1 Å². The highest BCUT2D eigenvalue weighted by atomic mass is 35.5. The van der Waals surface area contributed by atoms with Crippen LogP contribution in [0.2, 0.25) is 5.02 Å². The average molecular weight is 302 g/mol. The van der Waals surface area contributed by atoms with Gasteiger partial charge >= 0.3 is 0 Å². The zero-order valence-corrected chi connectivity index (χ0v) is 14.0. The van der Waals surface area contributed by atoms with Crippen molar-refractivity contribution in [3.05, 3.63) is 69.7 Å². The van der Waals surface area contributed by atoms with Gasteiger partial charge in [0.25, 0.3) is 0 Å². The first-order chi connectivity index (χ1) is 10.0. The third kappa shape index (κ3) is 4.09. The highest BCUT2D eigenvalue weighted by Crippen LogP contribution is 2.25. The van der Waals surface area contributed by atoms with Crippen molar-refractivity contribution in [3.63, 3.8) is 0 Å². The van der Waals surface area contributed by atoms with Gasteiger partial charge in [0.15, 0.2) is 0 Å². The molecule has 0 aliphatic carbocycles. The Morgan fingerprint density at radius 3 is 2.29 bits per heavy atom. The van der Waals surface area contributed by atoms with E-state index in [9.17, 15) is 0 Å². The summed E-state index contributed by atoms with van der Waals surface area (Å²) in [5.41, 5.74) is 5.28. The summed E-state index contributed by atoms with van der Waals surface area (Å²) in [6.45, 7) is 6.58.